The lowest BCUT2D eigenvalue weighted by atomic mass is 10.2. The lowest BCUT2D eigenvalue weighted by Crippen LogP contribution is -2.21. The van der Waals surface area contributed by atoms with Crippen molar-refractivity contribution in [3.05, 3.63) is 53.3 Å². The summed E-state index contributed by atoms with van der Waals surface area (Å²) in [5, 5.41) is 10.3. The van der Waals surface area contributed by atoms with Crippen LogP contribution < -0.4 is 5.32 Å². The minimum atomic E-state index is -0.669. The van der Waals surface area contributed by atoms with E-state index in [-0.39, 0.29) is 11.3 Å². The van der Waals surface area contributed by atoms with E-state index in [2.05, 4.69) is 15.6 Å². The Morgan fingerprint density at radius 2 is 2.04 bits per heavy atom. The normalized spacial score (nSPS) is 10.7. The molecule has 134 valence electrons. The first-order chi connectivity index (χ1) is 12.5. The van der Waals surface area contributed by atoms with Crippen molar-refractivity contribution in [2.75, 3.05) is 11.9 Å². The van der Waals surface area contributed by atoms with Crippen molar-refractivity contribution in [3.8, 4) is 0 Å². The van der Waals surface area contributed by atoms with E-state index in [1.54, 1.807) is 35.9 Å². The molecular formula is C18H17FN4O3. The van der Waals surface area contributed by atoms with E-state index in [1.165, 1.54) is 12.1 Å². The van der Waals surface area contributed by atoms with E-state index in [4.69, 9.17) is 4.74 Å². The number of rotatable bonds is 5. The Hall–Kier alpha value is -3.29. The molecule has 0 saturated carbocycles. The molecule has 0 saturated heterocycles. The van der Waals surface area contributed by atoms with Crippen molar-refractivity contribution < 1.29 is 18.7 Å². The summed E-state index contributed by atoms with van der Waals surface area (Å²) >= 11 is 0. The SMILES string of the molecule is CCn1nnc2cc(C(=O)OCC(=O)Nc3ccc(C)cc3F)ccc21. The van der Waals surface area contributed by atoms with Crippen molar-refractivity contribution in [1.29, 1.82) is 0 Å². The fourth-order valence-electron chi connectivity index (χ4n) is 2.45. The van der Waals surface area contributed by atoms with Crippen LogP contribution in [0.1, 0.15) is 22.8 Å². The van der Waals surface area contributed by atoms with Gasteiger partial charge in [-0.25, -0.2) is 13.9 Å². The van der Waals surface area contributed by atoms with E-state index in [9.17, 15) is 14.0 Å². The third kappa shape index (κ3) is 3.69. The van der Waals surface area contributed by atoms with Gasteiger partial charge in [0.2, 0.25) is 0 Å². The lowest BCUT2D eigenvalue weighted by Gasteiger charge is -2.08. The van der Waals surface area contributed by atoms with Crippen LogP contribution >= 0.6 is 0 Å². The van der Waals surface area contributed by atoms with Crippen LogP contribution in [0.25, 0.3) is 11.0 Å². The smallest absolute Gasteiger partial charge is 0.338 e. The van der Waals surface area contributed by atoms with Crippen LogP contribution in [-0.2, 0) is 16.1 Å². The van der Waals surface area contributed by atoms with Crippen LogP contribution in [0.4, 0.5) is 10.1 Å². The summed E-state index contributed by atoms with van der Waals surface area (Å²) in [5.41, 5.74) is 2.40. The number of halogens is 1. The van der Waals surface area contributed by atoms with Crippen molar-refractivity contribution in [1.82, 2.24) is 15.0 Å². The molecule has 0 radical (unpaired) electrons. The highest BCUT2D eigenvalue weighted by Gasteiger charge is 2.14. The second-order valence-corrected chi connectivity index (χ2v) is 5.72. The number of hydrogen-bond acceptors (Lipinski definition) is 5. The van der Waals surface area contributed by atoms with Crippen LogP contribution in [0.2, 0.25) is 0 Å². The van der Waals surface area contributed by atoms with Crippen molar-refractivity contribution in [2.45, 2.75) is 20.4 Å². The number of ether oxygens (including phenoxy) is 1. The molecule has 8 heteroatoms. The molecule has 0 bridgehead atoms. The van der Waals surface area contributed by atoms with Gasteiger partial charge in [-0.1, -0.05) is 11.3 Å². The highest BCUT2D eigenvalue weighted by Crippen LogP contribution is 2.16. The van der Waals surface area contributed by atoms with E-state index in [0.717, 1.165) is 11.1 Å². The summed E-state index contributed by atoms with van der Waals surface area (Å²) in [7, 11) is 0. The number of hydrogen-bond donors (Lipinski definition) is 1. The lowest BCUT2D eigenvalue weighted by molar-refractivity contribution is -0.119. The standard InChI is InChI=1S/C18H17FN4O3/c1-3-23-16-7-5-12(9-15(16)21-22-23)18(25)26-10-17(24)20-14-6-4-11(2)8-13(14)19/h4-9H,3,10H2,1-2H3,(H,20,24). The molecule has 0 aliphatic carbocycles. The van der Waals surface area contributed by atoms with Gasteiger partial charge in [-0.05, 0) is 49.7 Å². The maximum atomic E-state index is 13.7. The molecule has 2 aromatic carbocycles. The van der Waals surface area contributed by atoms with Crippen molar-refractivity contribution in [2.24, 2.45) is 0 Å². The van der Waals surface area contributed by atoms with Gasteiger partial charge in [0, 0.05) is 6.54 Å². The largest absolute Gasteiger partial charge is 0.452 e. The quantitative estimate of drug-likeness (QED) is 0.711. The maximum absolute atomic E-state index is 13.7. The Morgan fingerprint density at radius 1 is 1.23 bits per heavy atom. The number of benzene rings is 2. The molecule has 0 aliphatic heterocycles. The first-order valence-corrected chi connectivity index (χ1v) is 8.04. The molecule has 0 unspecified atom stereocenters. The first kappa shape index (κ1) is 17.5. The van der Waals surface area contributed by atoms with Gasteiger partial charge in [0.1, 0.15) is 11.3 Å². The summed E-state index contributed by atoms with van der Waals surface area (Å²) < 4.78 is 20.4. The fourth-order valence-corrected chi connectivity index (χ4v) is 2.45. The second-order valence-electron chi connectivity index (χ2n) is 5.72. The molecule has 1 heterocycles. The Balaban J connectivity index is 1.62. The Morgan fingerprint density at radius 3 is 2.77 bits per heavy atom. The van der Waals surface area contributed by atoms with Crippen LogP contribution in [-0.4, -0.2) is 33.5 Å². The van der Waals surface area contributed by atoms with Gasteiger partial charge in [0.15, 0.2) is 6.61 Å². The highest BCUT2D eigenvalue weighted by atomic mass is 19.1. The molecular weight excluding hydrogens is 339 g/mol. The van der Waals surface area contributed by atoms with Crippen LogP contribution in [0.15, 0.2) is 36.4 Å². The molecule has 0 atom stereocenters. The summed E-state index contributed by atoms with van der Waals surface area (Å²) in [6.45, 7) is 3.82. The highest BCUT2D eigenvalue weighted by molar-refractivity contribution is 5.97. The predicted molar refractivity (Wildman–Crippen MR) is 93.3 cm³/mol. The predicted octanol–water partition coefficient (Wildman–Crippen LogP) is 2.69. The summed E-state index contributed by atoms with van der Waals surface area (Å²) in [6, 6.07) is 9.28. The number of carbonyl (C=O) groups is 2. The number of nitrogens with one attached hydrogen (secondary N) is 1. The van der Waals surface area contributed by atoms with Gasteiger partial charge in [-0.3, -0.25) is 4.79 Å². The summed E-state index contributed by atoms with van der Waals surface area (Å²) in [5.74, 6) is -1.84. The number of amides is 1. The first-order valence-electron chi connectivity index (χ1n) is 8.04. The molecule has 1 aromatic heterocycles. The number of carbonyl (C=O) groups excluding carboxylic acids is 2. The van der Waals surface area contributed by atoms with Gasteiger partial charge in [-0.2, -0.15) is 0 Å². The monoisotopic (exact) mass is 356 g/mol. The zero-order valence-corrected chi connectivity index (χ0v) is 14.3. The van der Waals surface area contributed by atoms with Gasteiger partial charge >= 0.3 is 5.97 Å². The second kappa shape index (κ2) is 7.30. The average Bonchev–Trinajstić information content (AvgIpc) is 3.04. The number of aromatic nitrogens is 3. The number of aryl methyl sites for hydroxylation is 2. The number of esters is 1. The van der Waals surface area contributed by atoms with Crippen molar-refractivity contribution in [3.63, 3.8) is 0 Å². The summed E-state index contributed by atoms with van der Waals surface area (Å²) in [6.07, 6.45) is 0. The molecule has 26 heavy (non-hydrogen) atoms. The number of nitrogens with zero attached hydrogens (tertiary/aromatic N) is 3. The van der Waals surface area contributed by atoms with Crippen LogP contribution in [0, 0.1) is 12.7 Å². The van der Waals surface area contributed by atoms with Gasteiger partial charge < -0.3 is 10.1 Å². The maximum Gasteiger partial charge on any atom is 0.338 e. The topological polar surface area (TPSA) is 86.1 Å². The van der Waals surface area contributed by atoms with E-state index in [1.807, 2.05) is 6.92 Å². The van der Waals surface area contributed by atoms with E-state index < -0.39 is 24.3 Å². The zero-order valence-electron chi connectivity index (χ0n) is 14.3. The van der Waals surface area contributed by atoms with E-state index >= 15 is 0 Å². The Bertz CT molecular complexity index is 984. The third-order valence-electron chi connectivity index (χ3n) is 3.78. The molecule has 0 aliphatic rings. The molecule has 3 aromatic rings. The molecule has 0 fully saturated rings. The van der Waals surface area contributed by atoms with Crippen LogP contribution in [0.5, 0.6) is 0 Å². The molecule has 3 rings (SSSR count). The van der Waals surface area contributed by atoms with Gasteiger partial charge in [0.25, 0.3) is 5.91 Å². The Labute approximate surface area is 148 Å². The Kier molecular flexibility index (Phi) is 4.92. The average molecular weight is 356 g/mol. The van der Waals surface area contributed by atoms with E-state index in [0.29, 0.717) is 12.1 Å². The van der Waals surface area contributed by atoms with Crippen molar-refractivity contribution >= 4 is 28.6 Å². The van der Waals surface area contributed by atoms with Gasteiger partial charge in [0.05, 0.1) is 16.8 Å². The zero-order chi connectivity index (χ0) is 18.7. The van der Waals surface area contributed by atoms with Crippen LogP contribution in [0.3, 0.4) is 0 Å². The molecule has 7 nitrogen and oxygen atoms in total. The van der Waals surface area contributed by atoms with Gasteiger partial charge in [-0.15, -0.1) is 5.10 Å². The molecule has 0 spiro atoms. The third-order valence-corrected chi connectivity index (χ3v) is 3.78. The minimum absolute atomic E-state index is 0.0363. The number of fused-ring (bicyclic) bond motifs is 1. The minimum Gasteiger partial charge on any atom is -0.452 e. The molecule has 1 amide bonds. The summed E-state index contributed by atoms with van der Waals surface area (Å²) in [4.78, 5) is 24.0. The fraction of sp³-hybridized carbons (Fsp3) is 0.222. The number of anilines is 1. The molecule has 1 N–H and O–H groups in total.